The first kappa shape index (κ1) is 15.0. The highest BCUT2D eigenvalue weighted by molar-refractivity contribution is 7.09. The van der Waals surface area contributed by atoms with E-state index in [1.54, 1.807) is 11.3 Å². The Morgan fingerprint density at radius 3 is 2.61 bits per heavy atom. The van der Waals surface area contributed by atoms with Crippen LogP contribution in [0.1, 0.15) is 36.9 Å². The van der Waals surface area contributed by atoms with Gasteiger partial charge in [-0.1, -0.05) is 13.3 Å². The van der Waals surface area contributed by atoms with E-state index in [0.717, 1.165) is 37.6 Å². The lowest BCUT2D eigenvalue weighted by atomic mass is 10.3. The molecule has 0 spiro atoms. The van der Waals surface area contributed by atoms with Crippen molar-refractivity contribution in [3.8, 4) is 0 Å². The lowest BCUT2D eigenvalue weighted by molar-refractivity contribution is 0.709. The van der Waals surface area contributed by atoms with Gasteiger partial charge in [0, 0.05) is 37.6 Å². The zero-order chi connectivity index (χ0) is 13.2. The van der Waals surface area contributed by atoms with Gasteiger partial charge in [0.05, 0.1) is 5.01 Å². The van der Waals surface area contributed by atoms with Crippen LogP contribution in [0.4, 0.5) is 0 Å². The second-order valence-corrected chi connectivity index (χ2v) is 5.21. The van der Waals surface area contributed by atoms with E-state index in [1.807, 2.05) is 14.0 Å². The van der Waals surface area contributed by atoms with Crippen molar-refractivity contribution in [2.45, 2.75) is 39.5 Å². The summed E-state index contributed by atoms with van der Waals surface area (Å²) in [6.07, 6.45) is 4.51. The van der Waals surface area contributed by atoms with Gasteiger partial charge in [0.15, 0.2) is 5.96 Å². The van der Waals surface area contributed by atoms with Crippen LogP contribution in [0.5, 0.6) is 0 Å². The molecule has 5 heteroatoms. The molecule has 0 aliphatic carbocycles. The number of guanidine groups is 1. The van der Waals surface area contributed by atoms with Crippen molar-refractivity contribution < 1.29 is 0 Å². The summed E-state index contributed by atoms with van der Waals surface area (Å²) in [4.78, 5) is 8.64. The second kappa shape index (κ2) is 8.91. The molecule has 0 saturated heterocycles. The Morgan fingerprint density at radius 2 is 2.06 bits per heavy atom. The third-order valence-electron chi connectivity index (χ3n) is 2.57. The van der Waals surface area contributed by atoms with Crippen LogP contribution in [0.15, 0.2) is 10.4 Å². The van der Waals surface area contributed by atoms with E-state index in [1.165, 1.54) is 17.8 Å². The molecule has 0 radical (unpaired) electrons. The maximum atomic E-state index is 4.45. The largest absolute Gasteiger partial charge is 0.356 e. The van der Waals surface area contributed by atoms with E-state index < -0.39 is 0 Å². The first-order chi connectivity index (χ1) is 8.76. The van der Waals surface area contributed by atoms with E-state index in [-0.39, 0.29) is 0 Å². The Balaban J connectivity index is 2.12. The summed E-state index contributed by atoms with van der Waals surface area (Å²) in [5.74, 6) is 0.902. The van der Waals surface area contributed by atoms with Gasteiger partial charge in [0.2, 0.25) is 0 Å². The zero-order valence-corrected chi connectivity index (χ0v) is 12.4. The molecule has 1 rings (SSSR count). The molecule has 0 aliphatic heterocycles. The minimum absolute atomic E-state index is 0.902. The fourth-order valence-corrected chi connectivity index (χ4v) is 2.39. The predicted molar refractivity (Wildman–Crippen MR) is 79.4 cm³/mol. The van der Waals surface area contributed by atoms with Gasteiger partial charge in [-0.05, 0) is 19.8 Å². The van der Waals surface area contributed by atoms with Gasteiger partial charge < -0.3 is 10.6 Å². The third kappa shape index (κ3) is 6.00. The number of aliphatic imine (C=N–C) groups is 1. The first-order valence-electron chi connectivity index (χ1n) is 6.61. The van der Waals surface area contributed by atoms with Crippen LogP contribution in [0.2, 0.25) is 0 Å². The summed E-state index contributed by atoms with van der Waals surface area (Å²) in [7, 11) is 1.81. The molecular formula is C13H24N4S. The molecule has 1 heterocycles. The number of nitrogens with zero attached hydrogens (tertiary/aromatic N) is 2. The maximum absolute atomic E-state index is 4.45. The van der Waals surface area contributed by atoms with Gasteiger partial charge in [-0.2, -0.15) is 0 Å². The molecule has 102 valence electrons. The molecule has 0 aromatic carbocycles. The molecule has 0 atom stereocenters. The molecule has 0 bridgehead atoms. The van der Waals surface area contributed by atoms with Gasteiger partial charge in [0.25, 0.3) is 0 Å². The number of unbranched alkanes of at least 4 members (excludes halogenated alkanes) is 1. The molecule has 0 aliphatic rings. The SMILES string of the molecule is CCCCNC(=NC)NCCCc1nc(C)cs1. The minimum Gasteiger partial charge on any atom is -0.356 e. The monoisotopic (exact) mass is 268 g/mol. The Kier molecular flexibility index (Phi) is 7.41. The lowest BCUT2D eigenvalue weighted by Crippen LogP contribution is -2.38. The van der Waals surface area contributed by atoms with Crippen molar-refractivity contribution in [2.75, 3.05) is 20.1 Å². The molecule has 0 unspecified atom stereocenters. The summed E-state index contributed by atoms with van der Waals surface area (Å²) in [6, 6.07) is 0. The Bertz CT molecular complexity index is 360. The van der Waals surface area contributed by atoms with E-state index >= 15 is 0 Å². The standard InChI is InChI=1S/C13H24N4S/c1-4-5-8-15-13(14-3)16-9-6-7-12-17-11(2)10-18-12/h10H,4-9H2,1-3H3,(H2,14,15,16). The molecule has 0 amide bonds. The molecule has 18 heavy (non-hydrogen) atoms. The molecule has 0 saturated carbocycles. The average molecular weight is 268 g/mol. The van der Waals surface area contributed by atoms with Crippen LogP contribution in [-0.4, -0.2) is 31.1 Å². The van der Waals surface area contributed by atoms with E-state index in [9.17, 15) is 0 Å². The molecular weight excluding hydrogens is 244 g/mol. The van der Waals surface area contributed by atoms with Crippen LogP contribution < -0.4 is 10.6 Å². The molecule has 2 N–H and O–H groups in total. The number of hydrogen-bond acceptors (Lipinski definition) is 3. The summed E-state index contributed by atoms with van der Waals surface area (Å²) in [5, 5.41) is 9.95. The summed E-state index contributed by atoms with van der Waals surface area (Å²) in [6.45, 7) is 6.15. The van der Waals surface area contributed by atoms with Gasteiger partial charge in [-0.15, -0.1) is 11.3 Å². The number of thiazole rings is 1. The Morgan fingerprint density at radius 1 is 1.33 bits per heavy atom. The summed E-state index contributed by atoms with van der Waals surface area (Å²) < 4.78 is 0. The van der Waals surface area contributed by atoms with Crippen molar-refractivity contribution in [3.05, 3.63) is 16.1 Å². The molecule has 1 aromatic heterocycles. The van der Waals surface area contributed by atoms with Crippen molar-refractivity contribution in [2.24, 2.45) is 4.99 Å². The van der Waals surface area contributed by atoms with E-state index in [0.29, 0.717) is 0 Å². The maximum Gasteiger partial charge on any atom is 0.190 e. The predicted octanol–water partition coefficient (Wildman–Crippen LogP) is 2.35. The average Bonchev–Trinajstić information content (AvgIpc) is 2.78. The van der Waals surface area contributed by atoms with Gasteiger partial charge in [0.1, 0.15) is 0 Å². The number of aryl methyl sites for hydroxylation is 2. The normalized spacial score (nSPS) is 11.6. The summed E-state index contributed by atoms with van der Waals surface area (Å²) >= 11 is 1.75. The number of aromatic nitrogens is 1. The van der Waals surface area contributed by atoms with Crippen LogP contribution in [-0.2, 0) is 6.42 Å². The second-order valence-electron chi connectivity index (χ2n) is 4.27. The van der Waals surface area contributed by atoms with Gasteiger partial charge in [-0.25, -0.2) is 4.98 Å². The van der Waals surface area contributed by atoms with E-state index in [2.05, 4.69) is 32.9 Å². The smallest absolute Gasteiger partial charge is 0.190 e. The molecule has 1 aromatic rings. The number of hydrogen-bond donors (Lipinski definition) is 2. The van der Waals surface area contributed by atoms with Gasteiger partial charge in [-0.3, -0.25) is 4.99 Å². The van der Waals surface area contributed by atoms with Crippen molar-refractivity contribution in [1.82, 2.24) is 15.6 Å². The Labute approximate surface area is 114 Å². The zero-order valence-electron chi connectivity index (χ0n) is 11.6. The van der Waals surface area contributed by atoms with Crippen LogP contribution in [0.3, 0.4) is 0 Å². The van der Waals surface area contributed by atoms with Crippen LogP contribution >= 0.6 is 11.3 Å². The highest BCUT2D eigenvalue weighted by Crippen LogP contribution is 2.10. The van der Waals surface area contributed by atoms with Crippen molar-refractivity contribution in [1.29, 1.82) is 0 Å². The quantitative estimate of drug-likeness (QED) is 0.453. The van der Waals surface area contributed by atoms with Crippen LogP contribution in [0, 0.1) is 6.92 Å². The number of nitrogens with one attached hydrogen (secondary N) is 2. The molecule has 0 fully saturated rings. The minimum atomic E-state index is 0.902. The number of rotatable bonds is 7. The Hall–Kier alpha value is -1.10. The van der Waals surface area contributed by atoms with Crippen LogP contribution in [0.25, 0.3) is 0 Å². The van der Waals surface area contributed by atoms with Gasteiger partial charge >= 0.3 is 0 Å². The molecule has 4 nitrogen and oxygen atoms in total. The summed E-state index contributed by atoms with van der Waals surface area (Å²) in [5.41, 5.74) is 1.13. The highest BCUT2D eigenvalue weighted by atomic mass is 32.1. The first-order valence-corrected chi connectivity index (χ1v) is 7.49. The highest BCUT2D eigenvalue weighted by Gasteiger charge is 1.99. The fourth-order valence-electron chi connectivity index (χ4n) is 1.57. The van der Waals surface area contributed by atoms with Crippen molar-refractivity contribution >= 4 is 17.3 Å². The van der Waals surface area contributed by atoms with Crippen molar-refractivity contribution in [3.63, 3.8) is 0 Å². The third-order valence-corrected chi connectivity index (χ3v) is 3.60. The fraction of sp³-hybridized carbons (Fsp3) is 0.692. The topological polar surface area (TPSA) is 49.3 Å². The van der Waals surface area contributed by atoms with E-state index in [4.69, 9.17) is 0 Å². The lowest BCUT2D eigenvalue weighted by Gasteiger charge is -2.10.